The molecule has 1 heterocycles. The van der Waals surface area contributed by atoms with Gasteiger partial charge in [-0.25, -0.2) is 0 Å². The number of para-hydroxylation sites is 1. The van der Waals surface area contributed by atoms with E-state index < -0.39 is 6.61 Å². The maximum absolute atomic E-state index is 12.6. The summed E-state index contributed by atoms with van der Waals surface area (Å²) in [6.45, 7) is 3.10. The number of hydrogen-bond donors (Lipinski definition) is 1. The van der Waals surface area contributed by atoms with Crippen LogP contribution in [-0.4, -0.2) is 67.5 Å². The first-order valence-corrected chi connectivity index (χ1v) is 7.94. The SMILES string of the molecule is C=CCNC(=O)CN1CCN(C(=O)c2ccccc2OC(F)F)CC1. The molecule has 0 aromatic heterocycles. The fraction of sp³-hybridized carbons (Fsp3) is 0.412. The van der Waals surface area contributed by atoms with Crippen LogP contribution in [-0.2, 0) is 4.79 Å². The van der Waals surface area contributed by atoms with E-state index in [1.54, 1.807) is 17.0 Å². The number of alkyl halides is 2. The van der Waals surface area contributed by atoms with Crippen LogP contribution < -0.4 is 10.1 Å². The van der Waals surface area contributed by atoms with Gasteiger partial charge in [-0.05, 0) is 12.1 Å². The number of carbonyl (C=O) groups excluding carboxylic acids is 2. The largest absolute Gasteiger partial charge is 0.434 e. The molecular weight excluding hydrogens is 332 g/mol. The maximum atomic E-state index is 12.6. The topological polar surface area (TPSA) is 61.9 Å². The van der Waals surface area contributed by atoms with Crippen LogP contribution in [0.1, 0.15) is 10.4 Å². The lowest BCUT2D eigenvalue weighted by molar-refractivity contribution is -0.122. The number of amides is 2. The van der Waals surface area contributed by atoms with E-state index in [9.17, 15) is 18.4 Å². The van der Waals surface area contributed by atoms with Crippen molar-refractivity contribution in [2.75, 3.05) is 39.3 Å². The second-order valence-electron chi connectivity index (χ2n) is 5.54. The fourth-order valence-electron chi connectivity index (χ4n) is 2.57. The maximum Gasteiger partial charge on any atom is 0.387 e. The molecule has 0 bridgehead atoms. The first kappa shape index (κ1) is 18.9. The summed E-state index contributed by atoms with van der Waals surface area (Å²) in [5, 5.41) is 2.70. The van der Waals surface area contributed by atoms with Gasteiger partial charge in [0.25, 0.3) is 5.91 Å². The van der Waals surface area contributed by atoms with Crippen molar-refractivity contribution in [1.82, 2.24) is 15.1 Å². The van der Waals surface area contributed by atoms with Crippen molar-refractivity contribution in [3.05, 3.63) is 42.5 Å². The van der Waals surface area contributed by atoms with Gasteiger partial charge in [0.05, 0.1) is 12.1 Å². The molecule has 8 heteroatoms. The van der Waals surface area contributed by atoms with E-state index >= 15 is 0 Å². The standard InChI is InChI=1S/C17H21F2N3O3/c1-2-7-20-15(23)12-21-8-10-22(11-9-21)16(24)13-5-3-4-6-14(13)25-17(18)19/h2-6,17H,1,7-12H2,(H,20,23). The number of nitrogens with one attached hydrogen (secondary N) is 1. The highest BCUT2D eigenvalue weighted by Gasteiger charge is 2.25. The number of nitrogens with zero attached hydrogens (tertiary/aromatic N) is 2. The molecule has 1 N–H and O–H groups in total. The Balaban J connectivity index is 1.91. The third-order valence-electron chi connectivity index (χ3n) is 3.80. The minimum atomic E-state index is -2.99. The molecule has 136 valence electrons. The van der Waals surface area contributed by atoms with Gasteiger partial charge in [0.15, 0.2) is 0 Å². The van der Waals surface area contributed by atoms with E-state index in [1.165, 1.54) is 18.2 Å². The first-order chi connectivity index (χ1) is 12.0. The van der Waals surface area contributed by atoms with Crippen molar-refractivity contribution in [2.24, 2.45) is 0 Å². The summed E-state index contributed by atoms with van der Waals surface area (Å²) >= 11 is 0. The molecule has 0 saturated carbocycles. The molecule has 1 aromatic carbocycles. The van der Waals surface area contributed by atoms with Crippen molar-refractivity contribution in [1.29, 1.82) is 0 Å². The second kappa shape index (κ2) is 9.12. The van der Waals surface area contributed by atoms with Crippen LogP contribution in [0, 0.1) is 0 Å². The second-order valence-corrected chi connectivity index (χ2v) is 5.54. The van der Waals surface area contributed by atoms with Gasteiger partial charge in [-0.3, -0.25) is 14.5 Å². The summed E-state index contributed by atoms with van der Waals surface area (Å²) in [6, 6.07) is 5.95. The molecule has 1 saturated heterocycles. The Bertz CT molecular complexity index is 617. The molecular formula is C17H21F2N3O3. The van der Waals surface area contributed by atoms with Crippen LogP contribution in [0.3, 0.4) is 0 Å². The van der Waals surface area contributed by atoms with Gasteiger partial charge >= 0.3 is 6.61 Å². The van der Waals surface area contributed by atoms with Gasteiger partial charge in [0.1, 0.15) is 5.75 Å². The number of ether oxygens (including phenoxy) is 1. The van der Waals surface area contributed by atoms with Crippen molar-refractivity contribution in [2.45, 2.75) is 6.61 Å². The molecule has 6 nitrogen and oxygen atoms in total. The summed E-state index contributed by atoms with van der Waals surface area (Å²) < 4.78 is 29.4. The van der Waals surface area contributed by atoms with Crippen LogP contribution in [0.4, 0.5) is 8.78 Å². The van der Waals surface area contributed by atoms with Crippen molar-refractivity contribution >= 4 is 11.8 Å². The Morgan fingerprint density at radius 1 is 1.24 bits per heavy atom. The van der Waals surface area contributed by atoms with Crippen molar-refractivity contribution < 1.29 is 23.1 Å². The lowest BCUT2D eigenvalue weighted by atomic mass is 10.1. The van der Waals surface area contributed by atoms with Crippen LogP contribution in [0.15, 0.2) is 36.9 Å². The molecule has 0 unspecified atom stereocenters. The lowest BCUT2D eigenvalue weighted by Crippen LogP contribution is -2.51. The Hall–Kier alpha value is -2.48. The average Bonchev–Trinajstić information content (AvgIpc) is 2.60. The monoisotopic (exact) mass is 353 g/mol. The molecule has 25 heavy (non-hydrogen) atoms. The Morgan fingerprint density at radius 2 is 1.92 bits per heavy atom. The van der Waals surface area contributed by atoms with Crippen LogP contribution in [0.25, 0.3) is 0 Å². The Kier molecular flexibility index (Phi) is 6.88. The van der Waals surface area contributed by atoms with Gasteiger partial charge < -0.3 is 15.0 Å². The predicted molar refractivity (Wildman–Crippen MR) is 88.6 cm³/mol. The molecule has 0 atom stereocenters. The normalized spacial score (nSPS) is 15.1. The zero-order valence-corrected chi connectivity index (χ0v) is 13.8. The number of rotatable bonds is 7. The van der Waals surface area contributed by atoms with Crippen LogP contribution in [0.2, 0.25) is 0 Å². The highest BCUT2D eigenvalue weighted by molar-refractivity contribution is 5.97. The molecule has 1 aliphatic rings. The minimum Gasteiger partial charge on any atom is -0.434 e. The third kappa shape index (κ3) is 5.53. The number of hydrogen-bond acceptors (Lipinski definition) is 4. The fourth-order valence-corrected chi connectivity index (χ4v) is 2.57. The first-order valence-electron chi connectivity index (χ1n) is 7.94. The molecule has 2 amide bonds. The smallest absolute Gasteiger partial charge is 0.387 e. The number of carbonyl (C=O) groups is 2. The van der Waals surface area contributed by atoms with Gasteiger partial charge in [0, 0.05) is 32.7 Å². The van der Waals surface area contributed by atoms with E-state index in [1.807, 2.05) is 4.90 Å². The Labute approximate surface area is 145 Å². The summed E-state index contributed by atoms with van der Waals surface area (Å²) in [6.07, 6.45) is 1.60. The summed E-state index contributed by atoms with van der Waals surface area (Å²) in [5.74, 6) is -0.587. The average molecular weight is 353 g/mol. The molecule has 0 spiro atoms. The number of benzene rings is 1. The molecule has 2 rings (SSSR count). The molecule has 1 aromatic rings. The van der Waals surface area contributed by atoms with E-state index in [4.69, 9.17) is 0 Å². The van der Waals surface area contributed by atoms with Gasteiger partial charge in [0.2, 0.25) is 5.91 Å². The third-order valence-corrected chi connectivity index (χ3v) is 3.80. The zero-order chi connectivity index (χ0) is 18.2. The lowest BCUT2D eigenvalue weighted by Gasteiger charge is -2.34. The quantitative estimate of drug-likeness (QED) is 0.752. The number of piperazine rings is 1. The van der Waals surface area contributed by atoms with Gasteiger partial charge in [-0.15, -0.1) is 6.58 Å². The van der Waals surface area contributed by atoms with E-state index in [0.29, 0.717) is 32.7 Å². The predicted octanol–water partition coefficient (Wildman–Crippen LogP) is 1.35. The van der Waals surface area contributed by atoms with E-state index in [0.717, 1.165) is 0 Å². The molecule has 0 aliphatic carbocycles. The molecule has 0 radical (unpaired) electrons. The van der Waals surface area contributed by atoms with Crippen LogP contribution >= 0.6 is 0 Å². The van der Waals surface area contributed by atoms with Gasteiger partial charge in [-0.2, -0.15) is 8.78 Å². The van der Waals surface area contributed by atoms with E-state index in [2.05, 4.69) is 16.6 Å². The molecule has 1 fully saturated rings. The summed E-state index contributed by atoms with van der Waals surface area (Å²) in [7, 11) is 0. The van der Waals surface area contributed by atoms with Gasteiger partial charge in [-0.1, -0.05) is 18.2 Å². The summed E-state index contributed by atoms with van der Waals surface area (Å²) in [4.78, 5) is 27.8. The highest BCUT2D eigenvalue weighted by atomic mass is 19.3. The molecule has 1 aliphatic heterocycles. The van der Waals surface area contributed by atoms with Crippen LogP contribution in [0.5, 0.6) is 5.75 Å². The number of halogens is 2. The minimum absolute atomic E-state index is 0.102. The zero-order valence-electron chi connectivity index (χ0n) is 13.8. The van der Waals surface area contributed by atoms with E-state index in [-0.39, 0.29) is 29.7 Å². The Morgan fingerprint density at radius 3 is 2.56 bits per heavy atom. The highest BCUT2D eigenvalue weighted by Crippen LogP contribution is 2.22. The summed E-state index contributed by atoms with van der Waals surface area (Å²) in [5.41, 5.74) is 0.111. The van der Waals surface area contributed by atoms with Crippen molar-refractivity contribution in [3.8, 4) is 5.75 Å². The van der Waals surface area contributed by atoms with Crippen molar-refractivity contribution in [3.63, 3.8) is 0 Å².